The van der Waals surface area contributed by atoms with Crippen molar-refractivity contribution in [3.8, 4) is 0 Å². The van der Waals surface area contributed by atoms with Crippen molar-refractivity contribution in [1.29, 1.82) is 0 Å². The van der Waals surface area contributed by atoms with Gasteiger partial charge in [0.25, 0.3) is 5.91 Å². The second kappa shape index (κ2) is 6.71. The molecule has 0 bridgehead atoms. The van der Waals surface area contributed by atoms with Crippen LogP contribution in [0.15, 0.2) is 24.3 Å². The van der Waals surface area contributed by atoms with E-state index in [4.69, 9.17) is 0 Å². The Bertz CT molecular complexity index is 580. The van der Waals surface area contributed by atoms with Gasteiger partial charge in [-0.3, -0.25) is 9.59 Å². The zero-order valence-electron chi connectivity index (χ0n) is 13.5. The normalized spacial score (nSPS) is 23.6. The number of anilines is 1. The van der Waals surface area contributed by atoms with Crippen molar-refractivity contribution < 1.29 is 14.7 Å². The molecular weight excluding hydrogens is 292 g/mol. The molecule has 3 rings (SSSR count). The summed E-state index contributed by atoms with van der Waals surface area (Å²) in [5.41, 5.74) is 1.33. The lowest BCUT2D eigenvalue weighted by Crippen LogP contribution is -2.34. The highest BCUT2D eigenvalue weighted by Gasteiger charge is 2.30. The molecule has 2 aliphatic rings. The summed E-state index contributed by atoms with van der Waals surface area (Å²) < 4.78 is 0. The third-order valence-electron chi connectivity index (χ3n) is 4.82. The SMILES string of the molecule is CN(CC1CCCC1O)C(=O)c1ccc(NC(=O)C2CC2)cc1. The summed E-state index contributed by atoms with van der Waals surface area (Å²) >= 11 is 0. The lowest BCUT2D eigenvalue weighted by Gasteiger charge is -2.23. The maximum absolute atomic E-state index is 12.4. The van der Waals surface area contributed by atoms with Crippen molar-refractivity contribution >= 4 is 17.5 Å². The van der Waals surface area contributed by atoms with Gasteiger partial charge in [-0.25, -0.2) is 0 Å². The molecule has 2 atom stereocenters. The number of benzene rings is 1. The van der Waals surface area contributed by atoms with Crippen LogP contribution in [0, 0.1) is 11.8 Å². The maximum Gasteiger partial charge on any atom is 0.253 e. The second-order valence-electron chi connectivity index (χ2n) is 6.78. The van der Waals surface area contributed by atoms with E-state index >= 15 is 0 Å². The largest absolute Gasteiger partial charge is 0.393 e. The average Bonchev–Trinajstić information content (AvgIpc) is 3.32. The topological polar surface area (TPSA) is 69.6 Å². The Hall–Kier alpha value is -1.88. The number of nitrogens with zero attached hydrogens (tertiary/aromatic N) is 1. The van der Waals surface area contributed by atoms with E-state index in [1.165, 1.54) is 0 Å². The molecule has 0 heterocycles. The Morgan fingerprint density at radius 3 is 2.43 bits per heavy atom. The van der Waals surface area contributed by atoms with Gasteiger partial charge in [0.15, 0.2) is 0 Å². The third kappa shape index (κ3) is 3.91. The number of aliphatic hydroxyl groups excluding tert-OH is 1. The lowest BCUT2D eigenvalue weighted by molar-refractivity contribution is -0.117. The number of amides is 2. The van der Waals surface area contributed by atoms with Crippen molar-refractivity contribution in [3.63, 3.8) is 0 Å². The molecule has 0 aliphatic heterocycles. The van der Waals surface area contributed by atoms with Gasteiger partial charge in [0.2, 0.25) is 5.91 Å². The summed E-state index contributed by atoms with van der Waals surface area (Å²) in [7, 11) is 1.77. The van der Waals surface area contributed by atoms with Crippen LogP contribution in [0.4, 0.5) is 5.69 Å². The first kappa shape index (κ1) is 16.0. The van der Waals surface area contributed by atoms with Crippen LogP contribution >= 0.6 is 0 Å². The fourth-order valence-electron chi connectivity index (χ4n) is 3.17. The van der Waals surface area contributed by atoms with E-state index in [1.807, 2.05) is 0 Å². The first-order chi connectivity index (χ1) is 11.0. The predicted octanol–water partition coefficient (Wildman–Crippen LogP) is 2.27. The molecule has 0 saturated heterocycles. The molecule has 0 aromatic heterocycles. The molecule has 2 amide bonds. The molecule has 124 valence electrons. The van der Waals surface area contributed by atoms with Crippen LogP contribution < -0.4 is 5.32 Å². The Morgan fingerprint density at radius 2 is 1.87 bits per heavy atom. The van der Waals surface area contributed by atoms with Crippen LogP contribution in [0.25, 0.3) is 0 Å². The zero-order chi connectivity index (χ0) is 16.4. The Balaban J connectivity index is 1.57. The summed E-state index contributed by atoms with van der Waals surface area (Å²) in [4.78, 5) is 25.8. The van der Waals surface area contributed by atoms with Crippen LogP contribution in [0.3, 0.4) is 0 Å². The summed E-state index contributed by atoms with van der Waals surface area (Å²) in [6.07, 6.45) is 4.50. The lowest BCUT2D eigenvalue weighted by atomic mass is 10.1. The van der Waals surface area contributed by atoms with Gasteiger partial charge < -0.3 is 15.3 Å². The smallest absolute Gasteiger partial charge is 0.253 e. The van der Waals surface area contributed by atoms with Crippen LogP contribution in [0.1, 0.15) is 42.5 Å². The number of hydrogen-bond donors (Lipinski definition) is 2. The molecule has 2 saturated carbocycles. The first-order valence-electron chi connectivity index (χ1n) is 8.39. The zero-order valence-corrected chi connectivity index (χ0v) is 13.5. The van der Waals surface area contributed by atoms with Gasteiger partial charge in [-0.1, -0.05) is 6.42 Å². The highest BCUT2D eigenvalue weighted by Crippen LogP contribution is 2.30. The van der Waals surface area contributed by atoms with Crippen molar-refractivity contribution in [2.24, 2.45) is 11.8 Å². The van der Waals surface area contributed by atoms with E-state index in [2.05, 4.69) is 5.32 Å². The molecule has 2 unspecified atom stereocenters. The van der Waals surface area contributed by atoms with Gasteiger partial charge in [-0.15, -0.1) is 0 Å². The molecule has 5 heteroatoms. The standard InChI is InChI=1S/C18H24N2O3/c1-20(11-14-3-2-4-16(14)21)18(23)13-7-9-15(10-8-13)19-17(22)12-5-6-12/h7-10,12,14,16,21H,2-6,11H2,1H3,(H,19,22). The van der Waals surface area contributed by atoms with Gasteiger partial charge in [0.1, 0.15) is 0 Å². The van der Waals surface area contributed by atoms with Crippen LogP contribution in [0.2, 0.25) is 0 Å². The molecule has 2 aliphatic carbocycles. The van der Waals surface area contributed by atoms with Gasteiger partial charge in [-0.05, 0) is 49.9 Å². The molecule has 2 N–H and O–H groups in total. The number of aliphatic hydroxyl groups is 1. The van der Waals surface area contributed by atoms with Gasteiger partial charge >= 0.3 is 0 Å². The van der Waals surface area contributed by atoms with Crippen LogP contribution in [-0.4, -0.2) is 41.5 Å². The Labute approximate surface area is 136 Å². The highest BCUT2D eigenvalue weighted by molar-refractivity contribution is 5.96. The molecule has 1 aromatic carbocycles. The molecular formula is C18H24N2O3. The van der Waals surface area contributed by atoms with E-state index < -0.39 is 0 Å². The minimum Gasteiger partial charge on any atom is -0.393 e. The number of carbonyl (C=O) groups excluding carboxylic acids is 2. The summed E-state index contributed by atoms with van der Waals surface area (Å²) in [5.74, 6) is 0.363. The third-order valence-corrected chi connectivity index (χ3v) is 4.82. The molecule has 5 nitrogen and oxygen atoms in total. The van der Waals surface area contributed by atoms with Crippen molar-refractivity contribution in [3.05, 3.63) is 29.8 Å². The van der Waals surface area contributed by atoms with E-state index in [9.17, 15) is 14.7 Å². The van der Waals surface area contributed by atoms with Gasteiger partial charge in [-0.2, -0.15) is 0 Å². The van der Waals surface area contributed by atoms with Crippen LogP contribution in [-0.2, 0) is 4.79 Å². The summed E-state index contributed by atoms with van der Waals surface area (Å²) in [6, 6.07) is 7.02. The van der Waals surface area contributed by atoms with Crippen molar-refractivity contribution in [2.75, 3.05) is 18.9 Å². The van der Waals surface area contributed by atoms with Gasteiger partial charge in [0.05, 0.1) is 6.10 Å². The highest BCUT2D eigenvalue weighted by atomic mass is 16.3. The number of hydrogen-bond acceptors (Lipinski definition) is 3. The minimum absolute atomic E-state index is 0.0517. The number of nitrogens with one attached hydrogen (secondary N) is 1. The second-order valence-corrected chi connectivity index (χ2v) is 6.78. The number of carbonyl (C=O) groups is 2. The van der Waals surface area contributed by atoms with E-state index in [-0.39, 0.29) is 29.8 Å². The number of rotatable bonds is 5. The average molecular weight is 316 g/mol. The molecule has 0 radical (unpaired) electrons. The summed E-state index contributed by atoms with van der Waals surface area (Å²) in [6.45, 7) is 0.583. The Morgan fingerprint density at radius 1 is 1.17 bits per heavy atom. The van der Waals surface area contributed by atoms with E-state index in [0.717, 1.165) is 37.8 Å². The maximum atomic E-state index is 12.4. The fourth-order valence-corrected chi connectivity index (χ4v) is 3.17. The van der Waals surface area contributed by atoms with Crippen molar-refractivity contribution in [2.45, 2.75) is 38.2 Å². The Kier molecular flexibility index (Phi) is 4.66. The van der Waals surface area contributed by atoms with Crippen LogP contribution in [0.5, 0.6) is 0 Å². The fraction of sp³-hybridized carbons (Fsp3) is 0.556. The molecule has 23 heavy (non-hydrogen) atoms. The van der Waals surface area contributed by atoms with E-state index in [1.54, 1.807) is 36.2 Å². The minimum atomic E-state index is -0.287. The van der Waals surface area contributed by atoms with E-state index in [0.29, 0.717) is 12.1 Å². The predicted molar refractivity (Wildman–Crippen MR) is 88.1 cm³/mol. The molecule has 1 aromatic rings. The molecule has 2 fully saturated rings. The monoisotopic (exact) mass is 316 g/mol. The van der Waals surface area contributed by atoms with Crippen molar-refractivity contribution in [1.82, 2.24) is 4.90 Å². The quantitative estimate of drug-likeness (QED) is 0.875. The van der Waals surface area contributed by atoms with Gasteiger partial charge in [0, 0.05) is 36.7 Å². The molecule has 0 spiro atoms. The first-order valence-corrected chi connectivity index (χ1v) is 8.39. The summed E-state index contributed by atoms with van der Waals surface area (Å²) in [5, 5.41) is 12.7.